The van der Waals surface area contributed by atoms with Crippen LogP contribution in [0.3, 0.4) is 0 Å². The van der Waals surface area contributed by atoms with E-state index in [0.717, 1.165) is 18.1 Å². The van der Waals surface area contributed by atoms with Crippen LogP contribution in [0, 0.1) is 0 Å². The van der Waals surface area contributed by atoms with Crippen LogP contribution >= 0.6 is 0 Å². The predicted molar refractivity (Wildman–Crippen MR) is 67.6 cm³/mol. The maximum absolute atomic E-state index is 3.75. The average molecular weight is 222 g/mol. The highest BCUT2D eigenvalue weighted by molar-refractivity contribution is 4.95. The minimum Gasteiger partial charge on any atom is -0.311 e. The summed E-state index contributed by atoms with van der Waals surface area (Å²) in [5, 5.41) is 3.75. The summed E-state index contributed by atoms with van der Waals surface area (Å²) in [6, 6.07) is 2.64. The molecule has 3 rings (SSSR count). The number of hydrogen-bond acceptors (Lipinski definition) is 2. The normalized spacial score (nSPS) is 38.2. The largest absolute Gasteiger partial charge is 0.311 e. The second kappa shape index (κ2) is 5.05. The molecule has 0 amide bonds. The van der Waals surface area contributed by atoms with Crippen molar-refractivity contribution in [2.45, 2.75) is 75.9 Å². The van der Waals surface area contributed by atoms with Crippen LogP contribution in [-0.4, -0.2) is 36.1 Å². The molecule has 0 unspecified atom stereocenters. The highest BCUT2D eigenvalue weighted by Crippen LogP contribution is 2.31. The summed E-state index contributed by atoms with van der Waals surface area (Å²) in [6.07, 6.45) is 13.2. The molecule has 2 nitrogen and oxygen atoms in total. The summed E-state index contributed by atoms with van der Waals surface area (Å²) in [5.41, 5.74) is 0. The molecule has 0 aromatic heterocycles. The molecule has 0 radical (unpaired) electrons. The summed E-state index contributed by atoms with van der Waals surface area (Å²) < 4.78 is 0. The van der Waals surface area contributed by atoms with Gasteiger partial charge in [0.25, 0.3) is 0 Å². The van der Waals surface area contributed by atoms with Gasteiger partial charge >= 0.3 is 0 Å². The molecule has 2 heteroatoms. The fourth-order valence-corrected chi connectivity index (χ4v) is 4.16. The van der Waals surface area contributed by atoms with Gasteiger partial charge in [-0.05, 0) is 25.7 Å². The fraction of sp³-hybridized carbons (Fsp3) is 1.00. The Morgan fingerprint density at radius 1 is 0.812 bits per heavy atom. The summed E-state index contributed by atoms with van der Waals surface area (Å²) in [5.74, 6) is 0. The van der Waals surface area contributed by atoms with Gasteiger partial charge in [-0.3, -0.25) is 4.90 Å². The van der Waals surface area contributed by atoms with Gasteiger partial charge in [-0.2, -0.15) is 0 Å². The van der Waals surface area contributed by atoms with Crippen LogP contribution in [0.2, 0.25) is 0 Å². The molecule has 3 fully saturated rings. The smallest absolute Gasteiger partial charge is 0.0252 e. The van der Waals surface area contributed by atoms with Crippen molar-refractivity contribution in [3.8, 4) is 0 Å². The van der Waals surface area contributed by atoms with Crippen LogP contribution < -0.4 is 5.32 Å². The monoisotopic (exact) mass is 222 g/mol. The van der Waals surface area contributed by atoms with E-state index in [1.54, 1.807) is 0 Å². The molecule has 2 aliphatic carbocycles. The number of piperazine rings is 1. The molecule has 16 heavy (non-hydrogen) atoms. The molecule has 3 aliphatic rings. The Morgan fingerprint density at radius 3 is 2.44 bits per heavy atom. The van der Waals surface area contributed by atoms with E-state index >= 15 is 0 Å². The van der Waals surface area contributed by atoms with Crippen molar-refractivity contribution in [1.82, 2.24) is 10.2 Å². The van der Waals surface area contributed by atoms with Gasteiger partial charge < -0.3 is 5.32 Å². The van der Waals surface area contributed by atoms with Gasteiger partial charge in [-0.15, -0.1) is 0 Å². The number of fused-ring (bicyclic) bond motifs is 1. The first-order chi connectivity index (χ1) is 7.95. The van der Waals surface area contributed by atoms with Crippen LogP contribution in [0.25, 0.3) is 0 Å². The van der Waals surface area contributed by atoms with Crippen molar-refractivity contribution in [2.75, 3.05) is 13.1 Å². The molecular weight excluding hydrogens is 196 g/mol. The Bertz CT molecular complexity index is 221. The maximum atomic E-state index is 3.75. The molecule has 2 saturated carbocycles. The van der Waals surface area contributed by atoms with Gasteiger partial charge in [0, 0.05) is 31.2 Å². The molecule has 0 bridgehead atoms. The van der Waals surface area contributed by atoms with Gasteiger partial charge in [0.1, 0.15) is 0 Å². The highest BCUT2D eigenvalue weighted by atomic mass is 15.3. The molecule has 1 aliphatic heterocycles. The first-order valence-corrected chi connectivity index (χ1v) is 7.44. The average Bonchev–Trinajstić information content (AvgIpc) is 2.39. The number of rotatable bonds is 1. The molecule has 1 heterocycles. The molecule has 0 aromatic carbocycles. The third-order valence-corrected chi connectivity index (χ3v) is 4.98. The van der Waals surface area contributed by atoms with E-state index in [4.69, 9.17) is 0 Å². The first-order valence-electron chi connectivity index (χ1n) is 7.44. The topological polar surface area (TPSA) is 15.3 Å². The lowest BCUT2D eigenvalue weighted by Crippen LogP contribution is -2.61. The Kier molecular flexibility index (Phi) is 3.49. The third kappa shape index (κ3) is 2.14. The molecular formula is C14H26N2. The maximum Gasteiger partial charge on any atom is 0.0252 e. The Labute approximate surface area is 99.8 Å². The number of nitrogens with zero attached hydrogens (tertiary/aromatic N) is 1. The molecule has 0 spiro atoms. The minimum absolute atomic E-state index is 0.824. The van der Waals surface area contributed by atoms with Crippen molar-refractivity contribution >= 4 is 0 Å². The summed E-state index contributed by atoms with van der Waals surface area (Å²) in [7, 11) is 0. The molecule has 0 aromatic rings. The number of nitrogens with one attached hydrogen (secondary N) is 1. The lowest BCUT2D eigenvalue weighted by Gasteiger charge is -2.49. The van der Waals surface area contributed by atoms with E-state index in [0.29, 0.717) is 0 Å². The second-order valence-corrected chi connectivity index (χ2v) is 5.94. The van der Waals surface area contributed by atoms with Crippen molar-refractivity contribution in [2.24, 2.45) is 0 Å². The van der Waals surface area contributed by atoms with Crippen molar-refractivity contribution < 1.29 is 0 Å². The van der Waals surface area contributed by atoms with Gasteiger partial charge in [-0.1, -0.05) is 32.1 Å². The first kappa shape index (κ1) is 11.0. The van der Waals surface area contributed by atoms with Gasteiger partial charge in [-0.25, -0.2) is 0 Å². The van der Waals surface area contributed by atoms with Gasteiger partial charge in [0.15, 0.2) is 0 Å². The van der Waals surface area contributed by atoms with Crippen LogP contribution in [0.1, 0.15) is 57.8 Å². The minimum atomic E-state index is 0.824. The van der Waals surface area contributed by atoms with Crippen LogP contribution in [0.5, 0.6) is 0 Å². The number of hydrogen-bond donors (Lipinski definition) is 1. The zero-order chi connectivity index (χ0) is 10.8. The fourth-order valence-electron chi connectivity index (χ4n) is 4.16. The Morgan fingerprint density at radius 2 is 1.56 bits per heavy atom. The third-order valence-electron chi connectivity index (χ3n) is 4.98. The van der Waals surface area contributed by atoms with Crippen molar-refractivity contribution in [3.05, 3.63) is 0 Å². The van der Waals surface area contributed by atoms with Crippen LogP contribution in [-0.2, 0) is 0 Å². The van der Waals surface area contributed by atoms with E-state index in [1.807, 2.05) is 0 Å². The molecule has 1 N–H and O–H groups in total. The lowest BCUT2D eigenvalue weighted by molar-refractivity contribution is 0.0343. The van der Waals surface area contributed by atoms with Crippen molar-refractivity contribution in [1.29, 1.82) is 0 Å². The van der Waals surface area contributed by atoms with E-state index < -0.39 is 0 Å². The predicted octanol–water partition coefficient (Wildman–Crippen LogP) is 2.54. The quantitative estimate of drug-likeness (QED) is 0.733. The molecule has 92 valence electrons. The SMILES string of the molecule is C1CCC(N2CCN[C@@H]3CCCC[C@@H]32)CC1. The van der Waals surface area contributed by atoms with Crippen LogP contribution in [0.15, 0.2) is 0 Å². The summed E-state index contributed by atoms with van der Waals surface area (Å²) >= 11 is 0. The van der Waals surface area contributed by atoms with E-state index in [2.05, 4.69) is 10.2 Å². The van der Waals surface area contributed by atoms with Gasteiger partial charge in [0.2, 0.25) is 0 Å². The second-order valence-electron chi connectivity index (χ2n) is 5.94. The zero-order valence-electron chi connectivity index (χ0n) is 10.5. The summed E-state index contributed by atoms with van der Waals surface area (Å²) in [4.78, 5) is 2.89. The van der Waals surface area contributed by atoms with Crippen LogP contribution in [0.4, 0.5) is 0 Å². The Balaban J connectivity index is 1.67. The van der Waals surface area contributed by atoms with Gasteiger partial charge in [0.05, 0.1) is 0 Å². The van der Waals surface area contributed by atoms with E-state index in [1.165, 1.54) is 70.9 Å². The van der Waals surface area contributed by atoms with Crippen molar-refractivity contribution in [3.63, 3.8) is 0 Å². The highest BCUT2D eigenvalue weighted by Gasteiger charge is 2.36. The molecule has 1 saturated heterocycles. The summed E-state index contributed by atoms with van der Waals surface area (Å²) in [6.45, 7) is 2.55. The standard InChI is InChI=1S/C14H26N2/c1-2-6-12(7-3-1)16-11-10-15-13-8-4-5-9-14(13)16/h12-15H,1-11H2/t13-,14+/m1/s1. The lowest BCUT2D eigenvalue weighted by atomic mass is 9.84. The van der Waals surface area contributed by atoms with E-state index in [-0.39, 0.29) is 0 Å². The van der Waals surface area contributed by atoms with E-state index in [9.17, 15) is 0 Å². The Hall–Kier alpha value is -0.0800. The molecule has 2 atom stereocenters. The zero-order valence-corrected chi connectivity index (χ0v) is 10.5.